The van der Waals surface area contributed by atoms with Crippen LogP contribution in [0.2, 0.25) is 0 Å². The second-order valence-electron chi connectivity index (χ2n) is 3.99. The minimum absolute atomic E-state index is 0.000243. The van der Waals surface area contributed by atoms with Gasteiger partial charge in [0.1, 0.15) is 0 Å². The zero-order chi connectivity index (χ0) is 14.9. The number of carbonyl (C=O) groups is 1. The maximum atomic E-state index is 11.6. The summed E-state index contributed by atoms with van der Waals surface area (Å²) in [5, 5.41) is 13.6. The Morgan fingerprint density at radius 2 is 2.15 bits per heavy atom. The van der Waals surface area contributed by atoms with Gasteiger partial charge in [-0.25, -0.2) is 4.79 Å². The number of nitrogens with zero attached hydrogens (tertiary/aromatic N) is 1. The molecule has 0 bridgehead atoms. The second-order valence-corrected chi connectivity index (χ2v) is 5.57. The Balaban J connectivity index is 2.55. The minimum atomic E-state index is -0.503. The normalized spacial score (nSPS) is 16.3. The fraction of sp³-hybridized carbons (Fsp3) is 0.231. The van der Waals surface area contributed by atoms with E-state index in [9.17, 15) is 9.90 Å². The molecule has 0 saturated heterocycles. The van der Waals surface area contributed by atoms with Gasteiger partial charge >= 0.3 is 5.97 Å². The second kappa shape index (κ2) is 5.97. The molecular weight excluding hydrogens is 394 g/mol. The first-order valence-electron chi connectivity index (χ1n) is 5.77. The van der Waals surface area contributed by atoms with E-state index >= 15 is 0 Å². The number of phenols is 1. The Bertz CT molecular complexity index is 638. The summed E-state index contributed by atoms with van der Waals surface area (Å²) >= 11 is 6.64. The first kappa shape index (κ1) is 15.1. The quantitative estimate of drug-likeness (QED) is 0.616. The van der Waals surface area contributed by atoms with Gasteiger partial charge < -0.3 is 14.7 Å². The van der Waals surface area contributed by atoms with Crippen molar-refractivity contribution >= 4 is 49.6 Å². The van der Waals surface area contributed by atoms with Gasteiger partial charge in [0.2, 0.25) is 0 Å². The van der Waals surface area contributed by atoms with Crippen molar-refractivity contribution in [3.63, 3.8) is 0 Å². The number of rotatable bonds is 3. The lowest BCUT2D eigenvalue weighted by atomic mass is 10.1. The van der Waals surface area contributed by atoms with E-state index in [-0.39, 0.29) is 5.75 Å². The molecular formula is C13H11Br2NO4. The molecule has 0 fully saturated rings. The van der Waals surface area contributed by atoms with Crippen LogP contribution in [-0.4, -0.2) is 23.4 Å². The van der Waals surface area contributed by atoms with E-state index in [0.29, 0.717) is 38.2 Å². The van der Waals surface area contributed by atoms with Gasteiger partial charge in [0.15, 0.2) is 11.5 Å². The number of halogens is 2. The number of phenolic OH excluding ortho intramolecular Hbond substituents is 1. The Hall–Kier alpha value is -1.34. The van der Waals surface area contributed by atoms with Crippen molar-refractivity contribution in [2.45, 2.75) is 13.8 Å². The minimum Gasteiger partial charge on any atom is -0.503 e. The fourth-order valence-electron chi connectivity index (χ4n) is 1.66. The Morgan fingerprint density at radius 3 is 2.70 bits per heavy atom. The van der Waals surface area contributed by atoms with Crippen LogP contribution in [0.4, 0.5) is 0 Å². The lowest BCUT2D eigenvalue weighted by molar-refractivity contribution is -0.136. The van der Waals surface area contributed by atoms with E-state index in [0.717, 1.165) is 0 Å². The van der Waals surface area contributed by atoms with Crippen molar-refractivity contribution in [1.29, 1.82) is 0 Å². The fourth-order valence-corrected chi connectivity index (χ4v) is 2.50. The van der Waals surface area contributed by atoms with Crippen molar-refractivity contribution in [2.24, 2.45) is 5.16 Å². The van der Waals surface area contributed by atoms with Crippen molar-refractivity contribution in [2.75, 3.05) is 6.61 Å². The third kappa shape index (κ3) is 2.73. The van der Waals surface area contributed by atoms with Crippen molar-refractivity contribution in [3.05, 3.63) is 26.1 Å². The molecule has 0 atom stereocenters. The van der Waals surface area contributed by atoms with Gasteiger partial charge in [0.25, 0.3) is 0 Å². The Kier molecular flexibility index (Phi) is 4.49. The number of aromatic hydroxyl groups is 1. The molecule has 0 aliphatic carbocycles. The summed E-state index contributed by atoms with van der Waals surface area (Å²) in [7, 11) is 0. The molecule has 106 valence electrons. The molecule has 20 heavy (non-hydrogen) atoms. The predicted molar refractivity (Wildman–Crippen MR) is 81.9 cm³/mol. The first-order valence-corrected chi connectivity index (χ1v) is 7.36. The van der Waals surface area contributed by atoms with Crippen LogP contribution in [0.1, 0.15) is 19.4 Å². The Morgan fingerprint density at radius 1 is 1.45 bits per heavy atom. The molecule has 0 unspecified atom stereocenters. The van der Waals surface area contributed by atoms with Gasteiger partial charge in [-0.05, 0) is 63.4 Å². The molecule has 2 rings (SSSR count). The summed E-state index contributed by atoms with van der Waals surface area (Å²) in [6, 6.07) is 1.64. The summed E-state index contributed by atoms with van der Waals surface area (Å²) < 4.78 is 6.42. The van der Waals surface area contributed by atoms with E-state index in [1.54, 1.807) is 19.1 Å². The smallest absolute Gasteiger partial charge is 0.367 e. The molecule has 0 saturated carbocycles. The van der Waals surface area contributed by atoms with E-state index in [1.807, 2.05) is 6.92 Å². The van der Waals surface area contributed by atoms with Crippen LogP contribution in [0.15, 0.2) is 25.7 Å². The topological polar surface area (TPSA) is 68.1 Å². The van der Waals surface area contributed by atoms with Gasteiger partial charge in [0.05, 0.1) is 22.4 Å². The third-order valence-electron chi connectivity index (χ3n) is 2.65. The van der Waals surface area contributed by atoms with Crippen molar-refractivity contribution < 1.29 is 19.5 Å². The van der Waals surface area contributed by atoms with E-state index in [2.05, 4.69) is 41.9 Å². The molecule has 0 radical (unpaired) electrons. The molecule has 7 heteroatoms. The summed E-state index contributed by atoms with van der Waals surface area (Å²) in [5.74, 6) is -0.174. The SMILES string of the molecule is CCOc1cc(/C=C2/C(=O)ON=C2C)c(Br)c(Br)c1O. The van der Waals surface area contributed by atoms with E-state index < -0.39 is 5.97 Å². The van der Waals surface area contributed by atoms with Crippen LogP contribution in [0.25, 0.3) is 6.08 Å². The number of hydrogen-bond acceptors (Lipinski definition) is 5. The molecule has 1 heterocycles. The zero-order valence-corrected chi connectivity index (χ0v) is 13.9. The standard InChI is InChI=1S/C13H11Br2NO4/c1-3-19-9-5-7(10(14)11(15)12(9)17)4-8-6(2)16-20-13(8)18/h4-5,17H,3H2,1-2H3/b8-4+. The molecule has 0 amide bonds. The highest BCUT2D eigenvalue weighted by molar-refractivity contribution is 9.13. The average molecular weight is 405 g/mol. The average Bonchev–Trinajstić information content (AvgIpc) is 2.73. The van der Waals surface area contributed by atoms with Crippen LogP contribution < -0.4 is 4.74 Å². The lowest BCUT2D eigenvalue weighted by Crippen LogP contribution is -2.02. The molecule has 5 nitrogen and oxygen atoms in total. The van der Waals surface area contributed by atoms with Gasteiger partial charge in [-0.15, -0.1) is 0 Å². The highest BCUT2D eigenvalue weighted by atomic mass is 79.9. The molecule has 1 aromatic rings. The maximum absolute atomic E-state index is 11.6. The summed E-state index contributed by atoms with van der Waals surface area (Å²) in [6.07, 6.45) is 1.63. The van der Waals surface area contributed by atoms with Gasteiger partial charge in [-0.1, -0.05) is 5.16 Å². The molecule has 1 N–H and O–H groups in total. The monoisotopic (exact) mass is 403 g/mol. The number of ether oxygens (including phenoxy) is 1. The predicted octanol–water partition coefficient (Wildman–Crippen LogP) is 3.63. The van der Waals surface area contributed by atoms with Crippen LogP contribution in [0.5, 0.6) is 11.5 Å². The molecule has 0 aromatic heterocycles. The van der Waals surface area contributed by atoms with Gasteiger partial charge in [0, 0.05) is 4.47 Å². The lowest BCUT2D eigenvalue weighted by Gasteiger charge is -2.11. The van der Waals surface area contributed by atoms with Crippen molar-refractivity contribution in [3.8, 4) is 11.5 Å². The van der Waals surface area contributed by atoms with Crippen LogP contribution in [-0.2, 0) is 9.63 Å². The van der Waals surface area contributed by atoms with E-state index in [4.69, 9.17) is 4.74 Å². The first-order chi connectivity index (χ1) is 9.45. The highest BCUT2D eigenvalue weighted by Gasteiger charge is 2.23. The Labute approximate surface area is 132 Å². The largest absolute Gasteiger partial charge is 0.503 e. The molecule has 1 aromatic carbocycles. The van der Waals surface area contributed by atoms with E-state index in [1.165, 1.54) is 0 Å². The van der Waals surface area contributed by atoms with Gasteiger partial charge in [-0.2, -0.15) is 0 Å². The third-order valence-corrected chi connectivity index (χ3v) is 4.81. The van der Waals surface area contributed by atoms with Crippen LogP contribution in [0.3, 0.4) is 0 Å². The number of oxime groups is 1. The number of carbonyl (C=O) groups excluding carboxylic acids is 1. The van der Waals surface area contributed by atoms with Gasteiger partial charge in [-0.3, -0.25) is 0 Å². The number of benzene rings is 1. The summed E-state index contributed by atoms with van der Waals surface area (Å²) in [5.41, 5.74) is 1.54. The highest BCUT2D eigenvalue weighted by Crippen LogP contribution is 2.42. The number of hydrogen-bond donors (Lipinski definition) is 1. The van der Waals surface area contributed by atoms with Crippen molar-refractivity contribution in [1.82, 2.24) is 0 Å². The summed E-state index contributed by atoms with van der Waals surface area (Å²) in [6.45, 7) is 3.92. The maximum Gasteiger partial charge on any atom is 0.367 e. The van der Waals surface area contributed by atoms with Crippen LogP contribution >= 0.6 is 31.9 Å². The molecule has 0 spiro atoms. The molecule has 1 aliphatic heterocycles. The summed E-state index contributed by atoms with van der Waals surface area (Å²) in [4.78, 5) is 16.1. The zero-order valence-electron chi connectivity index (χ0n) is 10.7. The molecule has 1 aliphatic rings. The van der Waals surface area contributed by atoms with Crippen LogP contribution in [0, 0.1) is 0 Å².